The van der Waals surface area contributed by atoms with E-state index in [-0.39, 0.29) is 0 Å². The molecule has 3 aromatic carbocycles. The highest BCUT2D eigenvalue weighted by molar-refractivity contribution is 5.83. The second-order valence-corrected chi connectivity index (χ2v) is 9.35. The molecule has 0 atom stereocenters. The molecule has 5 aromatic rings. The normalized spacial score (nSPS) is 11.5. The smallest absolute Gasteiger partial charge is 0.270 e. The van der Waals surface area contributed by atoms with Gasteiger partial charge in [0.2, 0.25) is 6.33 Å². The van der Waals surface area contributed by atoms with Crippen LogP contribution < -0.4 is 4.57 Å². The highest BCUT2D eigenvalue weighted by Crippen LogP contribution is 2.35. The minimum absolute atomic E-state index is 0.413. The van der Waals surface area contributed by atoms with Gasteiger partial charge in [-0.1, -0.05) is 111 Å². The highest BCUT2D eigenvalue weighted by Gasteiger charge is 2.25. The van der Waals surface area contributed by atoms with Crippen LogP contribution in [0.3, 0.4) is 0 Å². The molecule has 0 bridgehead atoms. The van der Waals surface area contributed by atoms with E-state index in [9.17, 15) is 0 Å². The number of aromatic nitrogens is 4. The van der Waals surface area contributed by atoms with Gasteiger partial charge >= 0.3 is 0 Å². The fraction of sp³-hybridized carbons (Fsp3) is 0.200. The monoisotopic (exact) mass is 447 g/mol. The van der Waals surface area contributed by atoms with E-state index in [2.05, 4.69) is 117 Å². The van der Waals surface area contributed by atoms with Crippen molar-refractivity contribution < 1.29 is 4.57 Å². The Morgan fingerprint density at radius 3 is 1.91 bits per heavy atom. The first-order valence-electron chi connectivity index (χ1n) is 12.0. The van der Waals surface area contributed by atoms with Crippen molar-refractivity contribution in [3.05, 3.63) is 109 Å². The van der Waals surface area contributed by atoms with Gasteiger partial charge in [0.15, 0.2) is 5.69 Å². The quantitative estimate of drug-likeness (QED) is 0.278. The Morgan fingerprint density at radius 1 is 0.735 bits per heavy atom. The van der Waals surface area contributed by atoms with E-state index in [4.69, 9.17) is 5.10 Å². The molecule has 0 spiro atoms. The second-order valence-electron chi connectivity index (χ2n) is 9.35. The van der Waals surface area contributed by atoms with Gasteiger partial charge in [0.1, 0.15) is 5.69 Å². The van der Waals surface area contributed by atoms with Gasteiger partial charge in [-0.15, -0.1) is 0 Å². The number of hydrogen-bond acceptors (Lipinski definition) is 1. The van der Waals surface area contributed by atoms with Crippen molar-refractivity contribution in [2.24, 2.45) is 0 Å². The van der Waals surface area contributed by atoms with E-state index < -0.39 is 0 Å². The number of hydrogen-bond donors (Lipinski definition) is 1. The standard InChI is InChI=1S/C30H31N4/c1-21(2)25-16-11-17-26(22(3)4)29(25)33-19-32-34(20-33)30-27(23-12-7-5-8-13-23)18-31-28(30)24-14-9-6-10-15-24/h5-22,31H,1-4H3/q+1. The van der Waals surface area contributed by atoms with Gasteiger partial charge in [0.05, 0.1) is 5.69 Å². The van der Waals surface area contributed by atoms with Crippen molar-refractivity contribution in [3.63, 3.8) is 0 Å². The Labute approximate surface area is 201 Å². The Balaban J connectivity index is 1.71. The molecule has 0 fully saturated rings. The average Bonchev–Trinajstić information content (AvgIpc) is 3.52. The molecule has 0 aliphatic carbocycles. The van der Waals surface area contributed by atoms with E-state index in [1.807, 2.05) is 23.1 Å². The SMILES string of the molecule is CC(C)c1cccc(C(C)C)c1-[n+]1cnn(-c2c(-c3ccccc3)c[nH]c2-c2ccccc2)c1. The fourth-order valence-corrected chi connectivity index (χ4v) is 4.65. The lowest BCUT2D eigenvalue weighted by Gasteiger charge is -2.16. The summed E-state index contributed by atoms with van der Waals surface area (Å²) in [6, 6.07) is 27.6. The summed E-state index contributed by atoms with van der Waals surface area (Å²) in [5.74, 6) is 0.827. The zero-order chi connectivity index (χ0) is 23.7. The zero-order valence-electron chi connectivity index (χ0n) is 20.2. The van der Waals surface area contributed by atoms with Crippen molar-refractivity contribution in [2.75, 3.05) is 0 Å². The molecule has 4 nitrogen and oxygen atoms in total. The Bertz CT molecular complexity index is 1310. The lowest BCUT2D eigenvalue weighted by Crippen LogP contribution is -2.31. The second kappa shape index (κ2) is 9.14. The van der Waals surface area contributed by atoms with Gasteiger partial charge in [0, 0.05) is 22.4 Å². The lowest BCUT2D eigenvalue weighted by molar-refractivity contribution is -0.597. The van der Waals surface area contributed by atoms with Crippen molar-refractivity contribution in [3.8, 4) is 33.8 Å². The molecule has 0 unspecified atom stereocenters. The van der Waals surface area contributed by atoms with Crippen molar-refractivity contribution in [2.45, 2.75) is 39.5 Å². The maximum Gasteiger partial charge on any atom is 0.270 e. The van der Waals surface area contributed by atoms with E-state index in [1.54, 1.807) is 0 Å². The number of para-hydroxylation sites is 1. The summed E-state index contributed by atoms with van der Waals surface area (Å²) < 4.78 is 4.18. The molecule has 0 saturated carbocycles. The third-order valence-corrected chi connectivity index (χ3v) is 6.36. The summed E-state index contributed by atoms with van der Waals surface area (Å²) in [6.45, 7) is 9.00. The van der Waals surface area contributed by atoms with Gasteiger partial charge in [-0.2, -0.15) is 0 Å². The van der Waals surface area contributed by atoms with Crippen molar-refractivity contribution in [1.82, 2.24) is 14.8 Å². The maximum atomic E-state index is 4.87. The fourth-order valence-electron chi connectivity index (χ4n) is 4.65. The number of benzene rings is 3. The van der Waals surface area contributed by atoms with Crippen LogP contribution in [0.5, 0.6) is 0 Å². The van der Waals surface area contributed by atoms with E-state index in [1.165, 1.54) is 16.8 Å². The van der Waals surface area contributed by atoms with E-state index in [0.29, 0.717) is 11.8 Å². The Hall–Kier alpha value is -3.92. The molecular formula is C30H31N4+. The summed E-state index contributed by atoms with van der Waals surface area (Å²) in [7, 11) is 0. The summed E-state index contributed by atoms with van der Waals surface area (Å²) in [4.78, 5) is 3.53. The molecule has 0 aliphatic heterocycles. The molecule has 0 radical (unpaired) electrons. The number of nitrogens with one attached hydrogen (secondary N) is 1. The van der Waals surface area contributed by atoms with Crippen LogP contribution in [0.15, 0.2) is 97.7 Å². The van der Waals surface area contributed by atoms with Crippen LogP contribution in [0.1, 0.15) is 50.7 Å². The van der Waals surface area contributed by atoms with Crippen LogP contribution in [0.2, 0.25) is 0 Å². The van der Waals surface area contributed by atoms with Gasteiger partial charge in [-0.3, -0.25) is 0 Å². The van der Waals surface area contributed by atoms with Gasteiger partial charge in [-0.25, -0.2) is 4.57 Å². The Kier molecular flexibility index (Phi) is 5.89. The van der Waals surface area contributed by atoms with Crippen LogP contribution in [0, 0.1) is 0 Å². The molecule has 4 heteroatoms. The van der Waals surface area contributed by atoms with Gasteiger partial charge < -0.3 is 4.98 Å². The van der Waals surface area contributed by atoms with Crippen LogP contribution in [0.4, 0.5) is 0 Å². The number of rotatable bonds is 6. The Morgan fingerprint density at radius 2 is 1.32 bits per heavy atom. The first kappa shape index (κ1) is 21.9. The van der Waals surface area contributed by atoms with E-state index >= 15 is 0 Å². The largest absolute Gasteiger partial charge is 0.357 e. The van der Waals surface area contributed by atoms with Crippen LogP contribution in [-0.4, -0.2) is 14.8 Å². The molecule has 0 amide bonds. The summed E-state index contributed by atoms with van der Waals surface area (Å²) in [5.41, 5.74) is 9.40. The van der Waals surface area contributed by atoms with Crippen LogP contribution in [-0.2, 0) is 0 Å². The zero-order valence-corrected chi connectivity index (χ0v) is 20.2. The first-order chi connectivity index (χ1) is 16.5. The molecule has 1 N–H and O–H groups in total. The topological polar surface area (TPSA) is 37.5 Å². The maximum absolute atomic E-state index is 4.87. The minimum atomic E-state index is 0.413. The number of H-pyrrole nitrogens is 1. The average molecular weight is 448 g/mol. The summed E-state index contributed by atoms with van der Waals surface area (Å²) in [5, 5.41) is 4.87. The van der Waals surface area contributed by atoms with Crippen molar-refractivity contribution in [1.29, 1.82) is 0 Å². The summed E-state index contributed by atoms with van der Waals surface area (Å²) >= 11 is 0. The summed E-state index contributed by atoms with van der Waals surface area (Å²) in [6.07, 6.45) is 6.12. The molecular weight excluding hydrogens is 416 g/mol. The third-order valence-electron chi connectivity index (χ3n) is 6.36. The molecule has 170 valence electrons. The lowest BCUT2D eigenvalue weighted by atomic mass is 9.92. The van der Waals surface area contributed by atoms with Gasteiger partial charge in [-0.05, 0) is 28.5 Å². The molecule has 34 heavy (non-hydrogen) atoms. The van der Waals surface area contributed by atoms with E-state index in [0.717, 1.165) is 28.1 Å². The molecule has 0 saturated heterocycles. The highest BCUT2D eigenvalue weighted by atomic mass is 15.4. The molecule has 0 aliphatic rings. The molecule has 5 rings (SSSR count). The minimum Gasteiger partial charge on any atom is -0.357 e. The van der Waals surface area contributed by atoms with Crippen molar-refractivity contribution >= 4 is 0 Å². The first-order valence-corrected chi connectivity index (χ1v) is 12.0. The number of nitrogens with zero attached hydrogens (tertiary/aromatic N) is 3. The predicted molar refractivity (Wildman–Crippen MR) is 138 cm³/mol. The van der Waals surface area contributed by atoms with Crippen LogP contribution >= 0.6 is 0 Å². The molecule has 2 aromatic heterocycles. The predicted octanol–water partition coefficient (Wildman–Crippen LogP) is 7.06. The van der Waals surface area contributed by atoms with Gasteiger partial charge in [0.25, 0.3) is 6.33 Å². The molecule has 2 heterocycles. The third kappa shape index (κ3) is 3.96. The number of aromatic amines is 1. The van der Waals surface area contributed by atoms with Crippen LogP contribution in [0.25, 0.3) is 33.8 Å².